The molecule has 1 aromatic carbocycles. The van der Waals surface area contributed by atoms with Gasteiger partial charge in [-0.05, 0) is 13.3 Å². The van der Waals surface area contributed by atoms with E-state index in [2.05, 4.69) is 4.72 Å². The molecule has 0 bridgehead atoms. The predicted octanol–water partition coefficient (Wildman–Crippen LogP) is 1.10. The zero-order valence-corrected chi connectivity index (χ0v) is 11.7. The van der Waals surface area contributed by atoms with Gasteiger partial charge in [-0.1, -0.05) is 6.92 Å². The van der Waals surface area contributed by atoms with E-state index in [4.69, 9.17) is 5.84 Å². The summed E-state index contributed by atoms with van der Waals surface area (Å²) < 4.78 is 40.3. The number of nitrogens with two attached hydrogens (primary N) is 1. The van der Waals surface area contributed by atoms with Crippen molar-refractivity contribution in [1.29, 1.82) is 0 Å². The molecule has 0 saturated carbocycles. The molecule has 0 saturated heterocycles. The molecule has 1 aromatic rings. The molecule has 8 nitrogen and oxygen atoms in total. The van der Waals surface area contributed by atoms with Crippen molar-refractivity contribution < 1.29 is 17.7 Å². The minimum absolute atomic E-state index is 0.382. The van der Waals surface area contributed by atoms with Gasteiger partial charge in [0.05, 0.1) is 16.7 Å². The largest absolute Gasteiger partial charge is 0.323 e. The van der Waals surface area contributed by atoms with Crippen LogP contribution >= 0.6 is 0 Å². The van der Waals surface area contributed by atoms with E-state index in [0.717, 1.165) is 6.07 Å². The Morgan fingerprint density at radius 2 is 2.10 bits per heavy atom. The molecule has 0 spiro atoms. The lowest BCUT2D eigenvalue weighted by atomic mass is 10.3. The molecule has 1 atom stereocenters. The van der Waals surface area contributed by atoms with E-state index in [1.54, 1.807) is 13.8 Å². The van der Waals surface area contributed by atoms with Crippen molar-refractivity contribution in [3.8, 4) is 0 Å². The van der Waals surface area contributed by atoms with Gasteiger partial charge in [0.1, 0.15) is 4.90 Å². The minimum atomic E-state index is -4.18. The first-order valence-electron chi connectivity index (χ1n) is 5.69. The average Bonchev–Trinajstić information content (AvgIpc) is 2.36. The highest BCUT2D eigenvalue weighted by Gasteiger charge is 2.27. The Labute approximate surface area is 115 Å². The average molecular weight is 306 g/mol. The zero-order valence-electron chi connectivity index (χ0n) is 10.9. The molecular weight excluding hydrogens is 291 g/mol. The van der Waals surface area contributed by atoms with Crippen LogP contribution in [0.2, 0.25) is 0 Å². The summed E-state index contributed by atoms with van der Waals surface area (Å²) in [4.78, 5) is 9.02. The molecule has 10 heteroatoms. The molecule has 0 fully saturated rings. The number of nitrogens with one attached hydrogen (secondary N) is 2. The number of anilines is 1. The third kappa shape index (κ3) is 3.40. The van der Waals surface area contributed by atoms with E-state index in [1.165, 1.54) is 0 Å². The van der Waals surface area contributed by atoms with E-state index in [9.17, 15) is 22.9 Å². The van der Waals surface area contributed by atoms with Gasteiger partial charge in [0.25, 0.3) is 5.69 Å². The lowest BCUT2D eigenvalue weighted by molar-refractivity contribution is -0.385. The van der Waals surface area contributed by atoms with Gasteiger partial charge in [-0.15, -0.1) is 0 Å². The Morgan fingerprint density at radius 1 is 1.50 bits per heavy atom. The second kappa shape index (κ2) is 6.11. The fourth-order valence-corrected chi connectivity index (χ4v) is 3.01. The predicted molar refractivity (Wildman–Crippen MR) is 70.9 cm³/mol. The first-order chi connectivity index (χ1) is 9.22. The molecule has 1 unspecified atom stereocenters. The Hall–Kier alpha value is -1.78. The van der Waals surface area contributed by atoms with Crippen LogP contribution in [0.5, 0.6) is 0 Å². The van der Waals surface area contributed by atoms with Gasteiger partial charge in [0, 0.05) is 12.1 Å². The monoisotopic (exact) mass is 306 g/mol. The molecule has 112 valence electrons. The van der Waals surface area contributed by atoms with Gasteiger partial charge in [0.15, 0.2) is 5.82 Å². The molecule has 0 radical (unpaired) electrons. The summed E-state index contributed by atoms with van der Waals surface area (Å²) in [6.07, 6.45) is 0.499. The number of hydrogen-bond acceptors (Lipinski definition) is 6. The molecule has 0 aliphatic heterocycles. The van der Waals surface area contributed by atoms with Crippen LogP contribution in [0.15, 0.2) is 17.0 Å². The Kier molecular flexibility index (Phi) is 4.98. The number of nitro groups is 1. The van der Waals surface area contributed by atoms with Crippen molar-refractivity contribution in [3.63, 3.8) is 0 Å². The van der Waals surface area contributed by atoms with Crippen LogP contribution in [0.3, 0.4) is 0 Å². The van der Waals surface area contributed by atoms with Gasteiger partial charge in [-0.2, -0.15) is 0 Å². The summed E-state index contributed by atoms with van der Waals surface area (Å²) in [5, 5.41) is 10.6. The third-order valence-electron chi connectivity index (χ3n) is 2.63. The number of non-ortho nitro benzene ring substituents is 1. The maximum absolute atomic E-state index is 13.9. The van der Waals surface area contributed by atoms with Crippen LogP contribution in [0.25, 0.3) is 0 Å². The number of hydrazine groups is 1. The number of benzene rings is 1. The van der Waals surface area contributed by atoms with Crippen molar-refractivity contribution in [1.82, 2.24) is 4.72 Å². The van der Waals surface area contributed by atoms with Crippen molar-refractivity contribution in [2.24, 2.45) is 5.84 Å². The Morgan fingerprint density at radius 3 is 2.55 bits per heavy atom. The van der Waals surface area contributed by atoms with Crippen LogP contribution in [0.1, 0.15) is 20.3 Å². The molecular formula is C10H15FN4O4S. The zero-order chi connectivity index (χ0) is 15.5. The third-order valence-corrected chi connectivity index (χ3v) is 4.30. The van der Waals surface area contributed by atoms with E-state index >= 15 is 0 Å². The molecule has 0 aromatic heterocycles. The topological polar surface area (TPSA) is 127 Å². The van der Waals surface area contributed by atoms with Crippen LogP contribution in [-0.2, 0) is 10.0 Å². The smallest absolute Gasteiger partial charge is 0.274 e. The van der Waals surface area contributed by atoms with Crippen LogP contribution < -0.4 is 16.0 Å². The van der Waals surface area contributed by atoms with Gasteiger partial charge >= 0.3 is 0 Å². The summed E-state index contributed by atoms with van der Waals surface area (Å²) >= 11 is 0. The summed E-state index contributed by atoms with van der Waals surface area (Å²) in [5.74, 6) is 3.87. The fraction of sp³-hybridized carbons (Fsp3) is 0.400. The number of hydrogen-bond donors (Lipinski definition) is 3. The van der Waals surface area contributed by atoms with Crippen LogP contribution in [0, 0.1) is 15.9 Å². The summed E-state index contributed by atoms with van der Waals surface area (Å²) in [6, 6.07) is 0.973. The molecule has 20 heavy (non-hydrogen) atoms. The molecule has 4 N–H and O–H groups in total. The lowest BCUT2D eigenvalue weighted by Gasteiger charge is -2.15. The quantitative estimate of drug-likeness (QED) is 0.410. The SMILES string of the molecule is CCC(C)NS(=O)(=O)c1c(F)cc([N+](=O)[O-])cc1NN. The summed E-state index contributed by atoms with van der Waals surface area (Å²) in [6.45, 7) is 3.36. The van der Waals surface area contributed by atoms with E-state index in [-0.39, 0.29) is 5.69 Å². The minimum Gasteiger partial charge on any atom is -0.323 e. The van der Waals surface area contributed by atoms with Gasteiger partial charge < -0.3 is 5.43 Å². The van der Waals surface area contributed by atoms with E-state index in [1.807, 2.05) is 5.43 Å². The number of halogens is 1. The first kappa shape index (κ1) is 16.3. The van der Waals surface area contributed by atoms with E-state index < -0.39 is 37.4 Å². The van der Waals surface area contributed by atoms with E-state index in [0.29, 0.717) is 12.5 Å². The number of sulfonamides is 1. The van der Waals surface area contributed by atoms with Crippen molar-refractivity contribution in [3.05, 3.63) is 28.1 Å². The lowest BCUT2D eigenvalue weighted by Crippen LogP contribution is -2.33. The standard InChI is InChI=1S/C10H15FN4O4S/c1-3-6(2)14-20(18,19)10-8(11)4-7(15(16)17)5-9(10)13-12/h4-6,13-14H,3,12H2,1-2H3. The first-order valence-corrected chi connectivity index (χ1v) is 7.18. The highest BCUT2D eigenvalue weighted by molar-refractivity contribution is 7.89. The summed E-state index contributed by atoms with van der Waals surface area (Å²) in [5.41, 5.74) is 0.984. The second-order valence-corrected chi connectivity index (χ2v) is 5.79. The normalized spacial score (nSPS) is 13.0. The molecule has 0 amide bonds. The highest BCUT2D eigenvalue weighted by atomic mass is 32.2. The van der Waals surface area contributed by atoms with Gasteiger partial charge in [-0.25, -0.2) is 17.5 Å². The van der Waals surface area contributed by atoms with Crippen molar-refractivity contribution in [2.75, 3.05) is 5.43 Å². The highest BCUT2D eigenvalue weighted by Crippen LogP contribution is 2.29. The van der Waals surface area contributed by atoms with Gasteiger partial charge in [0.2, 0.25) is 10.0 Å². The number of nitro benzene ring substituents is 1. The molecule has 0 aliphatic carbocycles. The molecule has 0 aliphatic rings. The van der Waals surface area contributed by atoms with Crippen LogP contribution in [0.4, 0.5) is 15.8 Å². The van der Waals surface area contributed by atoms with Crippen molar-refractivity contribution >= 4 is 21.4 Å². The second-order valence-electron chi connectivity index (χ2n) is 4.14. The summed E-state index contributed by atoms with van der Waals surface area (Å²) in [7, 11) is -4.18. The number of nitrogens with zero attached hydrogens (tertiary/aromatic N) is 1. The maximum atomic E-state index is 13.9. The van der Waals surface area contributed by atoms with Crippen molar-refractivity contribution in [2.45, 2.75) is 31.2 Å². The maximum Gasteiger partial charge on any atom is 0.274 e. The van der Waals surface area contributed by atoms with Crippen LogP contribution in [-0.4, -0.2) is 19.4 Å². The number of nitrogen functional groups attached to an aromatic ring is 1. The van der Waals surface area contributed by atoms with Gasteiger partial charge in [-0.3, -0.25) is 16.0 Å². The Bertz CT molecular complexity index is 620. The molecule has 0 heterocycles. The Balaban J connectivity index is 3.41. The molecule has 1 rings (SSSR count). The fourth-order valence-electron chi connectivity index (χ4n) is 1.47. The number of rotatable bonds is 6.